The maximum Gasteiger partial charge on any atom is 0.0467 e. The monoisotopic (exact) mass is 1170 g/mol. The summed E-state index contributed by atoms with van der Waals surface area (Å²) >= 11 is 0. The number of rotatable bonds is 16. The predicted octanol–water partition coefficient (Wildman–Crippen LogP) is 25.1. The van der Waals surface area contributed by atoms with Gasteiger partial charge < -0.3 is 19.6 Å². The largest absolute Gasteiger partial charge is 0.310 e. The molecule has 16 rings (SSSR count). The summed E-state index contributed by atoms with van der Waals surface area (Å²) in [6.07, 6.45) is 0. The highest BCUT2D eigenvalue weighted by molar-refractivity contribution is 6.32. The quantitative estimate of drug-likeness (QED) is 0.0894. The zero-order chi connectivity index (χ0) is 61.2. The molecule has 4 nitrogen and oxygen atoms in total. The second-order valence-corrected chi connectivity index (χ2v) is 23.2. The Morgan fingerprint density at radius 2 is 0.293 bits per heavy atom. The Hall–Kier alpha value is -12.2. The number of anilines is 12. The van der Waals surface area contributed by atoms with E-state index in [9.17, 15) is 0 Å². The van der Waals surface area contributed by atoms with E-state index in [1.807, 2.05) is 0 Å². The Kier molecular flexibility index (Phi) is 14.6. The maximum atomic E-state index is 2.46. The SMILES string of the molecule is c1ccc(N(c2ccccc2)c2cccc(-c3cc(-c4cccc(N(c5ccccc5)c5ccccc5)c4)c4ccc5c(-c6cccc(N(c7ccccc7)c7ccccc7)c6)cc(-c6cccc(N(c7ccccc7)c7ccccc7)c6)c6ccc3c4c65)c2)cc1. The minimum Gasteiger partial charge on any atom is -0.310 e. The first-order valence-electron chi connectivity index (χ1n) is 31.5. The van der Waals surface area contributed by atoms with Gasteiger partial charge in [0.25, 0.3) is 0 Å². The van der Waals surface area contributed by atoms with Crippen molar-refractivity contribution in [3.63, 3.8) is 0 Å². The van der Waals surface area contributed by atoms with E-state index in [0.717, 1.165) is 113 Å². The van der Waals surface area contributed by atoms with Crippen LogP contribution in [0.25, 0.3) is 76.8 Å². The Morgan fingerprint density at radius 3 is 0.467 bits per heavy atom. The Labute approximate surface area is 537 Å². The van der Waals surface area contributed by atoms with E-state index in [1.54, 1.807) is 0 Å². The van der Waals surface area contributed by atoms with Crippen LogP contribution in [-0.4, -0.2) is 0 Å². The van der Waals surface area contributed by atoms with Crippen LogP contribution in [0.1, 0.15) is 0 Å². The van der Waals surface area contributed by atoms with Gasteiger partial charge in [0.15, 0.2) is 0 Å². The first-order chi connectivity index (χ1) is 45.7. The number of hydrogen-bond donors (Lipinski definition) is 0. The highest BCUT2D eigenvalue weighted by Crippen LogP contribution is 2.51. The van der Waals surface area contributed by atoms with Gasteiger partial charge in [0.2, 0.25) is 0 Å². The van der Waals surface area contributed by atoms with Crippen LogP contribution in [0.15, 0.2) is 376 Å². The number of benzene rings is 16. The first-order valence-corrected chi connectivity index (χ1v) is 31.5. The van der Waals surface area contributed by atoms with Gasteiger partial charge in [0.05, 0.1) is 0 Å². The molecule has 0 atom stereocenters. The van der Waals surface area contributed by atoms with Crippen LogP contribution in [0.5, 0.6) is 0 Å². The van der Waals surface area contributed by atoms with Gasteiger partial charge in [0.1, 0.15) is 0 Å². The number of para-hydroxylation sites is 8. The van der Waals surface area contributed by atoms with Crippen LogP contribution in [0.2, 0.25) is 0 Å². The normalized spacial score (nSPS) is 11.3. The predicted molar refractivity (Wildman–Crippen MR) is 391 cm³/mol. The lowest BCUT2D eigenvalue weighted by Crippen LogP contribution is -2.10. The molecule has 0 unspecified atom stereocenters. The van der Waals surface area contributed by atoms with Crippen LogP contribution in [0.4, 0.5) is 68.2 Å². The molecule has 434 valence electrons. The minimum atomic E-state index is 1.07. The van der Waals surface area contributed by atoms with Gasteiger partial charge in [0, 0.05) is 68.2 Å². The van der Waals surface area contributed by atoms with Crippen molar-refractivity contribution in [2.75, 3.05) is 19.6 Å². The zero-order valence-corrected chi connectivity index (χ0v) is 50.6. The molecule has 0 aliphatic carbocycles. The smallest absolute Gasteiger partial charge is 0.0467 e. The first kappa shape index (κ1) is 55.1. The van der Waals surface area contributed by atoms with Gasteiger partial charge in [-0.15, -0.1) is 0 Å². The van der Waals surface area contributed by atoms with Crippen molar-refractivity contribution in [2.24, 2.45) is 0 Å². The summed E-state index contributed by atoms with van der Waals surface area (Å²) < 4.78 is 0. The fourth-order valence-electron chi connectivity index (χ4n) is 13.6. The second kappa shape index (κ2) is 24.4. The van der Waals surface area contributed by atoms with Crippen LogP contribution >= 0.6 is 0 Å². The number of hydrogen-bond acceptors (Lipinski definition) is 4. The topological polar surface area (TPSA) is 13.0 Å². The highest BCUT2D eigenvalue weighted by atomic mass is 15.2. The van der Waals surface area contributed by atoms with Crippen LogP contribution in [0.3, 0.4) is 0 Å². The van der Waals surface area contributed by atoms with Gasteiger partial charge in [-0.05, 0) is 235 Å². The van der Waals surface area contributed by atoms with Gasteiger partial charge >= 0.3 is 0 Å². The summed E-state index contributed by atoms with van der Waals surface area (Å²) in [7, 11) is 0. The van der Waals surface area contributed by atoms with E-state index in [0.29, 0.717) is 0 Å². The fraction of sp³-hybridized carbons (Fsp3) is 0. The maximum absolute atomic E-state index is 2.46. The Morgan fingerprint density at radius 1 is 0.130 bits per heavy atom. The molecule has 0 saturated heterocycles. The van der Waals surface area contributed by atoms with Crippen molar-refractivity contribution in [2.45, 2.75) is 0 Å². The highest BCUT2D eigenvalue weighted by Gasteiger charge is 2.25. The van der Waals surface area contributed by atoms with Crippen LogP contribution in [-0.2, 0) is 0 Å². The molecule has 92 heavy (non-hydrogen) atoms. The van der Waals surface area contributed by atoms with E-state index < -0.39 is 0 Å². The van der Waals surface area contributed by atoms with E-state index in [-0.39, 0.29) is 0 Å². The third kappa shape index (κ3) is 10.4. The average Bonchev–Trinajstić information content (AvgIpc) is 0.718. The van der Waals surface area contributed by atoms with Crippen molar-refractivity contribution in [1.82, 2.24) is 0 Å². The molecule has 0 amide bonds. The third-order valence-corrected chi connectivity index (χ3v) is 17.7. The van der Waals surface area contributed by atoms with Gasteiger partial charge in [-0.3, -0.25) is 0 Å². The lowest BCUT2D eigenvalue weighted by atomic mass is 9.81. The van der Waals surface area contributed by atoms with Crippen molar-refractivity contribution >= 4 is 101 Å². The summed E-state index contributed by atoms with van der Waals surface area (Å²) in [5.41, 5.74) is 22.1. The van der Waals surface area contributed by atoms with Crippen molar-refractivity contribution < 1.29 is 0 Å². The summed E-state index contributed by atoms with van der Waals surface area (Å²) in [6.45, 7) is 0. The van der Waals surface area contributed by atoms with Gasteiger partial charge in [-0.2, -0.15) is 0 Å². The molecule has 4 heteroatoms. The molecule has 16 aromatic carbocycles. The molecule has 0 aliphatic rings. The van der Waals surface area contributed by atoms with Crippen LogP contribution < -0.4 is 19.6 Å². The molecule has 0 spiro atoms. The van der Waals surface area contributed by atoms with Crippen molar-refractivity contribution in [3.05, 3.63) is 376 Å². The number of nitrogens with zero attached hydrogens (tertiary/aromatic N) is 4. The van der Waals surface area contributed by atoms with E-state index in [2.05, 4.69) is 396 Å². The molecule has 0 radical (unpaired) electrons. The molecular weight excluding hydrogens is 1110 g/mol. The molecule has 0 aromatic heterocycles. The zero-order valence-electron chi connectivity index (χ0n) is 50.6. The van der Waals surface area contributed by atoms with Crippen molar-refractivity contribution in [3.8, 4) is 44.5 Å². The molecular formula is C88H62N4. The fourth-order valence-corrected chi connectivity index (χ4v) is 13.6. The molecule has 0 saturated carbocycles. The Balaban J connectivity index is 0.983. The average molecular weight is 1180 g/mol. The summed E-state index contributed by atoms with van der Waals surface area (Å²) in [6, 6.07) is 137. The second-order valence-electron chi connectivity index (χ2n) is 23.2. The molecule has 0 N–H and O–H groups in total. The van der Waals surface area contributed by atoms with E-state index >= 15 is 0 Å². The lowest BCUT2D eigenvalue weighted by molar-refractivity contribution is 1.28. The van der Waals surface area contributed by atoms with Gasteiger partial charge in [-0.1, -0.05) is 218 Å². The third-order valence-electron chi connectivity index (χ3n) is 17.7. The summed E-state index contributed by atoms with van der Waals surface area (Å²) in [5.74, 6) is 0. The standard InChI is InChI=1S/C88H62N4/c1-9-33-67(34-10-1)89(68-35-11-2-12-36-68)75-49-25-29-63(57-75)83-61-84(64-30-26-50-76(58-64)90(69-37-13-3-14-38-69)70-39-15-4-16-40-70)80-55-56-82-86(66-32-28-52-78(60-66)92(73-45-21-7-22-46-73)74-47-23-8-24-48-74)62-85(81-54-53-79(83)87(80)88(81)82)65-31-27-51-77(59-65)91(71-41-17-5-18-42-71)72-43-19-6-20-44-72/h1-62H. The molecule has 0 fully saturated rings. The van der Waals surface area contributed by atoms with Gasteiger partial charge in [-0.25, -0.2) is 0 Å². The molecule has 16 aromatic rings. The molecule has 0 heterocycles. The molecule has 0 bridgehead atoms. The van der Waals surface area contributed by atoms with Crippen LogP contribution in [0, 0.1) is 0 Å². The lowest BCUT2D eigenvalue weighted by Gasteiger charge is -2.27. The van der Waals surface area contributed by atoms with E-state index in [4.69, 9.17) is 0 Å². The summed E-state index contributed by atoms with van der Waals surface area (Å²) in [5, 5.41) is 7.16. The van der Waals surface area contributed by atoms with E-state index in [1.165, 1.54) is 32.3 Å². The summed E-state index contributed by atoms with van der Waals surface area (Å²) in [4.78, 5) is 9.44. The molecule has 0 aliphatic heterocycles. The Bertz CT molecular complexity index is 4390. The van der Waals surface area contributed by atoms with Crippen molar-refractivity contribution in [1.29, 1.82) is 0 Å². The minimum absolute atomic E-state index is 1.07.